The molecule has 36 heavy (non-hydrogen) atoms. The van der Waals surface area contributed by atoms with Crippen LogP contribution in [0.5, 0.6) is 0 Å². The van der Waals surface area contributed by atoms with Crippen molar-refractivity contribution >= 4 is 11.8 Å². The first-order valence-corrected chi connectivity index (χ1v) is 12.5. The van der Waals surface area contributed by atoms with Crippen molar-refractivity contribution < 1.29 is 19.1 Å². The molecule has 1 atom stereocenters. The second-order valence-corrected chi connectivity index (χ2v) is 9.38. The van der Waals surface area contributed by atoms with Crippen molar-refractivity contribution in [2.75, 3.05) is 13.2 Å². The molecular weight excluding hydrogens is 458 g/mol. The molecule has 1 saturated heterocycles. The lowest BCUT2D eigenvalue weighted by Crippen LogP contribution is -2.61. The molecule has 3 N–H and O–H groups in total. The Morgan fingerprint density at radius 2 is 1.81 bits per heavy atom. The number of ether oxygens (including phenoxy) is 2. The van der Waals surface area contributed by atoms with E-state index >= 15 is 0 Å². The summed E-state index contributed by atoms with van der Waals surface area (Å²) in [7, 11) is 0. The van der Waals surface area contributed by atoms with E-state index in [0.717, 1.165) is 36.9 Å². The fraction of sp³-hybridized carbons (Fsp3) is 0.407. The molecule has 0 radical (unpaired) electrons. The van der Waals surface area contributed by atoms with Gasteiger partial charge in [-0.1, -0.05) is 62.4 Å². The minimum absolute atomic E-state index is 0.244. The first-order chi connectivity index (χ1) is 17.6. The molecule has 0 spiro atoms. The Hall–Kier alpha value is -3.56. The molecule has 1 unspecified atom stereocenters. The Balaban J connectivity index is 1.43. The monoisotopic (exact) mass is 489 g/mol. The number of aromatic nitrogens is 3. The Kier molecular flexibility index (Phi) is 7.11. The van der Waals surface area contributed by atoms with Gasteiger partial charge in [0.2, 0.25) is 0 Å². The highest BCUT2D eigenvalue weighted by Gasteiger charge is 2.51. The van der Waals surface area contributed by atoms with Gasteiger partial charge in [0.1, 0.15) is 0 Å². The zero-order valence-electron chi connectivity index (χ0n) is 20.1. The molecule has 0 bridgehead atoms. The van der Waals surface area contributed by atoms with Crippen LogP contribution in [0.2, 0.25) is 0 Å². The maximum Gasteiger partial charge on any atom is 0.280 e. The van der Waals surface area contributed by atoms with Gasteiger partial charge in [-0.3, -0.25) is 9.59 Å². The summed E-state index contributed by atoms with van der Waals surface area (Å²) in [6.45, 7) is 0.487. The molecule has 9 nitrogen and oxygen atoms in total. The summed E-state index contributed by atoms with van der Waals surface area (Å²) in [5.74, 6) is -2.07. The van der Waals surface area contributed by atoms with E-state index in [0.29, 0.717) is 23.7 Å². The van der Waals surface area contributed by atoms with Crippen LogP contribution in [0, 0.1) is 5.92 Å². The van der Waals surface area contributed by atoms with Gasteiger partial charge in [0.05, 0.1) is 30.5 Å². The second-order valence-electron chi connectivity index (χ2n) is 9.38. The van der Waals surface area contributed by atoms with Crippen molar-refractivity contribution in [1.82, 2.24) is 20.1 Å². The maximum absolute atomic E-state index is 13.6. The minimum atomic E-state index is -1.68. The quantitative estimate of drug-likeness (QED) is 0.501. The molecular formula is C27H31N5O4. The SMILES string of the molecule is NC(=O)C1(C(CC2CCCCC2)NC(=O)c2cccnc2-n2ccc(-c3ccccc3)n2)OCCO1. The summed E-state index contributed by atoms with van der Waals surface area (Å²) in [6, 6.07) is 14.3. The highest BCUT2D eigenvalue weighted by molar-refractivity contribution is 5.98. The largest absolute Gasteiger partial charge is 0.365 e. The van der Waals surface area contributed by atoms with Gasteiger partial charge >= 0.3 is 0 Å². The van der Waals surface area contributed by atoms with Gasteiger partial charge < -0.3 is 20.5 Å². The standard InChI is InChI=1S/C27H31N5O4/c28-26(34)27(35-16-17-36-27)23(18-19-8-3-1-4-9-19)30-25(33)21-12-7-14-29-24(21)32-15-13-22(31-32)20-10-5-2-6-11-20/h2,5-7,10-15,19,23H,1,3-4,8-9,16-18H2,(H2,28,34)(H,30,33). The van der Waals surface area contributed by atoms with Crippen molar-refractivity contribution in [1.29, 1.82) is 0 Å². The first-order valence-electron chi connectivity index (χ1n) is 12.5. The molecule has 2 aliphatic rings. The number of nitrogens with two attached hydrogens (primary N) is 1. The molecule has 5 rings (SSSR count). The third-order valence-electron chi connectivity index (χ3n) is 7.02. The van der Waals surface area contributed by atoms with E-state index < -0.39 is 23.6 Å². The van der Waals surface area contributed by atoms with Crippen molar-refractivity contribution in [3.05, 3.63) is 66.5 Å². The fourth-order valence-electron chi connectivity index (χ4n) is 5.21. The number of carbonyl (C=O) groups is 2. The Morgan fingerprint density at radius 3 is 2.53 bits per heavy atom. The van der Waals surface area contributed by atoms with Gasteiger partial charge in [-0.15, -0.1) is 0 Å². The fourth-order valence-corrected chi connectivity index (χ4v) is 5.21. The predicted molar refractivity (Wildman–Crippen MR) is 133 cm³/mol. The summed E-state index contributed by atoms with van der Waals surface area (Å²) in [6.07, 6.45) is 9.47. The van der Waals surface area contributed by atoms with Gasteiger partial charge in [-0.2, -0.15) is 5.10 Å². The molecule has 3 heterocycles. The predicted octanol–water partition coefficient (Wildman–Crippen LogP) is 3.23. The minimum Gasteiger partial charge on any atom is -0.365 e. The molecule has 188 valence electrons. The molecule has 2 aromatic heterocycles. The lowest BCUT2D eigenvalue weighted by molar-refractivity contribution is -0.191. The number of hydrogen-bond donors (Lipinski definition) is 2. The van der Waals surface area contributed by atoms with Gasteiger partial charge in [0.25, 0.3) is 17.6 Å². The van der Waals surface area contributed by atoms with Crippen LogP contribution in [0.25, 0.3) is 17.1 Å². The van der Waals surface area contributed by atoms with Crippen LogP contribution in [0.1, 0.15) is 48.9 Å². The van der Waals surface area contributed by atoms with Crippen LogP contribution in [0.4, 0.5) is 0 Å². The van der Waals surface area contributed by atoms with E-state index in [4.69, 9.17) is 15.2 Å². The highest BCUT2D eigenvalue weighted by Crippen LogP contribution is 2.33. The van der Waals surface area contributed by atoms with Gasteiger partial charge in [0, 0.05) is 18.0 Å². The molecule has 1 saturated carbocycles. The average Bonchev–Trinajstić information content (AvgIpc) is 3.61. The molecule has 1 aliphatic heterocycles. The van der Waals surface area contributed by atoms with Crippen molar-refractivity contribution in [3.8, 4) is 17.1 Å². The number of hydrogen-bond acceptors (Lipinski definition) is 6. The number of rotatable bonds is 8. The summed E-state index contributed by atoms with van der Waals surface area (Å²) in [5, 5.41) is 7.66. The van der Waals surface area contributed by atoms with Crippen LogP contribution in [-0.4, -0.2) is 51.6 Å². The van der Waals surface area contributed by atoms with E-state index in [2.05, 4.69) is 15.4 Å². The second kappa shape index (κ2) is 10.6. The van der Waals surface area contributed by atoms with E-state index in [9.17, 15) is 9.59 Å². The smallest absolute Gasteiger partial charge is 0.280 e. The van der Waals surface area contributed by atoms with Crippen LogP contribution < -0.4 is 11.1 Å². The zero-order chi connectivity index (χ0) is 25.0. The Morgan fingerprint density at radius 1 is 1.06 bits per heavy atom. The summed E-state index contributed by atoms with van der Waals surface area (Å²) < 4.78 is 13.1. The molecule has 2 fully saturated rings. The normalized spacial score (nSPS) is 18.6. The Labute approximate surface area is 210 Å². The molecule has 9 heteroatoms. The maximum atomic E-state index is 13.6. The van der Waals surface area contributed by atoms with Gasteiger partial charge in [-0.25, -0.2) is 9.67 Å². The lowest BCUT2D eigenvalue weighted by atomic mass is 9.82. The third-order valence-corrected chi connectivity index (χ3v) is 7.02. The third kappa shape index (κ3) is 4.89. The zero-order valence-corrected chi connectivity index (χ0v) is 20.1. The molecule has 1 aliphatic carbocycles. The van der Waals surface area contributed by atoms with Crippen molar-refractivity contribution in [2.24, 2.45) is 11.7 Å². The van der Waals surface area contributed by atoms with Crippen LogP contribution in [0.3, 0.4) is 0 Å². The first kappa shape index (κ1) is 24.1. The van der Waals surface area contributed by atoms with Crippen molar-refractivity contribution in [3.63, 3.8) is 0 Å². The lowest BCUT2D eigenvalue weighted by Gasteiger charge is -2.36. The van der Waals surface area contributed by atoms with Gasteiger partial charge in [-0.05, 0) is 30.5 Å². The molecule has 2 amide bonds. The average molecular weight is 490 g/mol. The number of carbonyl (C=O) groups excluding carboxylic acids is 2. The number of primary amides is 1. The van der Waals surface area contributed by atoms with E-state index in [-0.39, 0.29) is 13.2 Å². The Bertz CT molecular complexity index is 1200. The number of nitrogens with one attached hydrogen (secondary N) is 1. The van der Waals surface area contributed by atoms with E-state index in [1.54, 1.807) is 29.2 Å². The van der Waals surface area contributed by atoms with Crippen molar-refractivity contribution in [2.45, 2.75) is 50.4 Å². The van der Waals surface area contributed by atoms with Crippen LogP contribution in [0.15, 0.2) is 60.9 Å². The highest BCUT2D eigenvalue weighted by atomic mass is 16.7. The number of pyridine rings is 1. The summed E-state index contributed by atoms with van der Waals surface area (Å²) in [4.78, 5) is 30.6. The van der Waals surface area contributed by atoms with Gasteiger partial charge in [0.15, 0.2) is 5.82 Å². The van der Waals surface area contributed by atoms with Crippen LogP contribution in [-0.2, 0) is 14.3 Å². The number of benzene rings is 1. The summed E-state index contributed by atoms with van der Waals surface area (Å²) in [5.41, 5.74) is 7.82. The number of nitrogens with zero attached hydrogens (tertiary/aromatic N) is 3. The summed E-state index contributed by atoms with van der Waals surface area (Å²) >= 11 is 0. The van der Waals surface area contributed by atoms with E-state index in [1.807, 2.05) is 36.4 Å². The molecule has 1 aromatic carbocycles. The van der Waals surface area contributed by atoms with E-state index in [1.165, 1.54) is 6.42 Å². The van der Waals surface area contributed by atoms with Crippen LogP contribution >= 0.6 is 0 Å². The number of amides is 2. The molecule has 3 aromatic rings. The topological polar surface area (TPSA) is 121 Å².